The van der Waals surface area contributed by atoms with Gasteiger partial charge in [0.2, 0.25) is 5.91 Å². The van der Waals surface area contributed by atoms with E-state index in [1.165, 1.54) is 44.1 Å². The van der Waals surface area contributed by atoms with E-state index >= 15 is 0 Å². The molecular formula is C28H50N2O3S. The Morgan fingerprint density at radius 3 is 1.94 bits per heavy atom. The van der Waals surface area contributed by atoms with Crippen molar-refractivity contribution in [1.29, 1.82) is 0 Å². The summed E-state index contributed by atoms with van der Waals surface area (Å²) >= 11 is 4.36. The molecule has 0 heterocycles. The third kappa shape index (κ3) is 10.3. The summed E-state index contributed by atoms with van der Waals surface area (Å²) in [5.74, 6) is -0.202. The molecule has 0 aliphatic carbocycles. The molecule has 1 unspecified atom stereocenters. The fourth-order valence-corrected chi connectivity index (χ4v) is 4.54. The first kappa shape index (κ1) is 31.0. The van der Waals surface area contributed by atoms with Gasteiger partial charge in [-0.05, 0) is 48.6 Å². The van der Waals surface area contributed by atoms with Crippen molar-refractivity contribution >= 4 is 18.5 Å². The second kappa shape index (κ2) is 14.5. The number of hydrogen-bond donors (Lipinski definition) is 5. The van der Waals surface area contributed by atoms with Gasteiger partial charge in [-0.25, -0.2) is 0 Å². The first-order chi connectivity index (χ1) is 15.9. The second-order valence-corrected chi connectivity index (χ2v) is 11.9. The average molecular weight is 495 g/mol. The molecular weight excluding hydrogens is 444 g/mol. The standard InChI is InChI=1S/C28H50N2O3S/c1-6-7-8-9-10-11-12-22-13-15-23(16-14-22)17-18-28(20-31,21-32)30-25(33)27(4,5)19-26(2,3)24(29)34/h13-16,24,31-32,34H,6-12,17-21,29H2,1-5H3,(H,30,33). The number of amides is 1. The Kier molecular flexibility index (Phi) is 13.2. The van der Waals surface area contributed by atoms with Gasteiger partial charge in [-0.1, -0.05) is 91.0 Å². The number of aliphatic hydroxyl groups is 2. The van der Waals surface area contributed by atoms with Crippen molar-refractivity contribution in [2.24, 2.45) is 16.6 Å². The highest BCUT2D eigenvalue weighted by Crippen LogP contribution is 2.37. The van der Waals surface area contributed by atoms with E-state index in [0.717, 1.165) is 12.0 Å². The zero-order valence-electron chi connectivity index (χ0n) is 22.2. The number of nitrogens with two attached hydrogens (primary N) is 1. The summed E-state index contributed by atoms with van der Waals surface area (Å²) in [5.41, 5.74) is 6.32. The monoisotopic (exact) mass is 494 g/mol. The highest BCUT2D eigenvalue weighted by atomic mass is 32.1. The van der Waals surface area contributed by atoms with Crippen molar-refractivity contribution < 1.29 is 15.0 Å². The third-order valence-electron chi connectivity index (χ3n) is 7.03. The van der Waals surface area contributed by atoms with Gasteiger partial charge < -0.3 is 21.3 Å². The number of benzene rings is 1. The van der Waals surface area contributed by atoms with E-state index in [1.54, 1.807) is 0 Å². The number of unbranched alkanes of at least 4 members (excludes halogenated alkanes) is 5. The lowest BCUT2D eigenvalue weighted by atomic mass is 9.74. The minimum absolute atomic E-state index is 0.202. The quantitative estimate of drug-likeness (QED) is 0.119. The first-order valence-electron chi connectivity index (χ1n) is 13.0. The molecule has 1 aromatic carbocycles. The molecule has 0 saturated carbocycles. The van der Waals surface area contributed by atoms with Crippen LogP contribution in [0.1, 0.15) is 97.1 Å². The van der Waals surface area contributed by atoms with Crippen LogP contribution in [0.2, 0.25) is 0 Å². The Labute approximate surface area is 213 Å². The molecule has 1 amide bonds. The van der Waals surface area contributed by atoms with Crippen LogP contribution in [0.25, 0.3) is 0 Å². The van der Waals surface area contributed by atoms with Gasteiger partial charge >= 0.3 is 0 Å². The molecule has 5 nitrogen and oxygen atoms in total. The first-order valence-corrected chi connectivity index (χ1v) is 13.5. The van der Waals surface area contributed by atoms with Crippen molar-refractivity contribution in [3.63, 3.8) is 0 Å². The number of rotatable bonds is 17. The number of nitrogens with one attached hydrogen (secondary N) is 1. The van der Waals surface area contributed by atoms with Gasteiger partial charge in [-0.2, -0.15) is 12.6 Å². The summed E-state index contributed by atoms with van der Waals surface area (Å²) in [4.78, 5) is 13.1. The number of aliphatic hydroxyl groups excluding tert-OH is 2. The van der Waals surface area contributed by atoms with Crippen LogP contribution in [0.4, 0.5) is 0 Å². The molecule has 1 rings (SSSR count). The van der Waals surface area contributed by atoms with Crippen molar-refractivity contribution in [2.45, 2.75) is 110 Å². The fourth-order valence-electron chi connectivity index (χ4n) is 4.45. The smallest absolute Gasteiger partial charge is 0.226 e. The van der Waals surface area contributed by atoms with Gasteiger partial charge in [0.1, 0.15) is 0 Å². The normalized spacial score (nSPS) is 13.7. The second-order valence-electron chi connectivity index (χ2n) is 11.4. The van der Waals surface area contributed by atoms with E-state index in [9.17, 15) is 15.0 Å². The van der Waals surface area contributed by atoms with Crippen LogP contribution in [-0.2, 0) is 17.6 Å². The van der Waals surface area contributed by atoms with Crippen LogP contribution in [-0.4, -0.2) is 40.2 Å². The fraction of sp³-hybridized carbons (Fsp3) is 0.750. The molecule has 1 aromatic rings. The zero-order chi connectivity index (χ0) is 25.8. The van der Waals surface area contributed by atoms with Crippen LogP contribution in [0.3, 0.4) is 0 Å². The number of thiol groups is 1. The molecule has 0 aromatic heterocycles. The Balaban J connectivity index is 2.67. The molecule has 0 bridgehead atoms. The Morgan fingerprint density at radius 1 is 0.941 bits per heavy atom. The summed E-state index contributed by atoms with van der Waals surface area (Å²) in [7, 11) is 0. The van der Waals surface area contributed by atoms with E-state index in [2.05, 4.69) is 49.1 Å². The largest absolute Gasteiger partial charge is 0.394 e. The maximum absolute atomic E-state index is 13.1. The van der Waals surface area contributed by atoms with Crippen molar-refractivity contribution in [1.82, 2.24) is 5.32 Å². The molecule has 0 aliphatic heterocycles. The zero-order valence-corrected chi connectivity index (χ0v) is 23.1. The van der Waals surface area contributed by atoms with Gasteiger partial charge in [0.15, 0.2) is 0 Å². The summed E-state index contributed by atoms with van der Waals surface area (Å²) in [6.45, 7) is 9.30. The molecule has 1 atom stereocenters. The predicted molar refractivity (Wildman–Crippen MR) is 146 cm³/mol. The third-order valence-corrected chi connectivity index (χ3v) is 7.73. The molecule has 34 heavy (non-hydrogen) atoms. The highest BCUT2D eigenvalue weighted by Gasteiger charge is 2.40. The lowest BCUT2D eigenvalue weighted by Crippen LogP contribution is -2.58. The SMILES string of the molecule is CCCCCCCCc1ccc(CCC(CO)(CO)NC(=O)C(C)(C)CC(C)(C)C(N)S)cc1. The van der Waals surface area contributed by atoms with Crippen LogP contribution < -0.4 is 11.1 Å². The molecule has 0 fully saturated rings. The molecule has 0 aliphatic rings. The lowest BCUT2D eigenvalue weighted by molar-refractivity contribution is -0.134. The Bertz CT molecular complexity index is 713. The molecule has 0 radical (unpaired) electrons. The number of carbonyl (C=O) groups is 1. The van der Waals surface area contributed by atoms with Crippen molar-refractivity contribution in [3.8, 4) is 0 Å². The maximum Gasteiger partial charge on any atom is 0.226 e. The van der Waals surface area contributed by atoms with E-state index in [-0.39, 0.29) is 29.9 Å². The Hall–Kier alpha value is -1.08. The van der Waals surface area contributed by atoms with Crippen molar-refractivity contribution in [3.05, 3.63) is 35.4 Å². The van der Waals surface area contributed by atoms with E-state index in [1.807, 2.05) is 27.7 Å². The van der Waals surface area contributed by atoms with Gasteiger partial charge in [0.25, 0.3) is 0 Å². The van der Waals surface area contributed by atoms with Gasteiger partial charge in [-0.3, -0.25) is 4.79 Å². The highest BCUT2D eigenvalue weighted by molar-refractivity contribution is 7.80. The maximum atomic E-state index is 13.1. The van der Waals surface area contributed by atoms with E-state index in [4.69, 9.17) is 5.73 Å². The summed E-state index contributed by atoms with van der Waals surface area (Å²) in [5, 5.41) is 22.8. The summed E-state index contributed by atoms with van der Waals surface area (Å²) in [6, 6.07) is 8.58. The lowest BCUT2D eigenvalue weighted by Gasteiger charge is -2.39. The van der Waals surface area contributed by atoms with Crippen molar-refractivity contribution in [2.75, 3.05) is 13.2 Å². The number of aryl methyl sites for hydroxylation is 2. The number of carbonyl (C=O) groups excluding carboxylic acids is 1. The van der Waals surface area contributed by atoms with Gasteiger partial charge in [-0.15, -0.1) is 0 Å². The summed E-state index contributed by atoms with van der Waals surface area (Å²) < 4.78 is 0. The van der Waals surface area contributed by atoms with Crippen LogP contribution in [0, 0.1) is 10.8 Å². The summed E-state index contributed by atoms with van der Waals surface area (Å²) in [6.07, 6.45) is 10.5. The average Bonchev–Trinajstić information content (AvgIpc) is 2.79. The van der Waals surface area contributed by atoms with Gasteiger partial charge in [0.05, 0.1) is 24.1 Å². The van der Waals surface area contributed by atoms with E-state index < -0.39 is 11.0 Å². The van der Waals surface area contributed by atoms with Gasteiger partial charge in [0, 0.05) is 5.41 Å². The van der Waals surface area contributed by atoms with Crippen LogP contribution >= 0.6 is 12.6 Å². The predicted octanol–water partition coefficient (Wildman–Crippen LogP) is 5.02. The van der Waals surface area contributed by atoms with Crippen LogP contribution in [0.15, 0.2) is 24.3 Å². The molecule has 0 spiro atoms. The van der Waals surface area contributed by atoms with E-state index in [0.29, 0.717) is 19.3 Å². The minimum Gasteiger partial charge on any atom is -0.394 e. The Morgan fingerprint density at radius 2 is 1.44 bits per heavy atom. The minimum atomic E-state index is -1.07. The molecule has 6 heteroatoms. The molecule has 0 saturated heterocycles. The van der Waals surface area contributed by atoms with Crippen LogP contribution in [0.5, 0.6) is 0 Å². The topological polar surface area (TPSA) is 95.6 Å². The molecule has 5 N–H and O–H groups in total. The number of hydrogen-bond acceptors (Lipinski definition) is 5. The molecule has 196 valence electrons.